The fourth-order valence-corrected chi connectivity index (χ4v) is 1.46. The lowest BCUT2D eigenvalue weighted by Gasteiger charge is -2.03. The molecule has 0 aliphatic carbocycles. The van der Waals surface area contributed by atoms with Crippen molar-refractivity contribution in [1.82, 2.24) is 9.78 Å². The van der Waals surface area contributed by atoms with Gasteiger partial charge in [-0.3, -0.25) is 0 Å². The predicted molar refractivity (Wildman–Crippen MR) is 59.1 cm³/mol. The summed E-state index contributed by atoms with van der Waals surface area (Å²) >= 11 is 0. The zero-order valence-corrected chi connectivity index (χ0v) is 9.56. The third kappa shape index (κ3) is 2.33. The van der Waals surface area contributed by atoms with Gasteiger partial charge < -0.3 is 15.6 Å². The van der Waals surface area contributed by atoms with Crippen LogP contribution in [-0.2, 0) is 17.7 Å². The number of aliphatic hydroxyl groups excluding tert-OH is 1. The van der Waals surface area contributed by atoms with Crippen LogP contribution in [0.4, 0.5) is 5.82 Å². The monoisotopic (exact) mass is 227 g/mol. The normalized spacial score (nSPS) is 10.4. The summed E-state index contributed by atoms with van der Waals surface area (Å²) in [4.78, 5) is 11.6. The molecule has 0 atom stereocenters. The van der Waals surface area contributed by atoms with Crippen LogP contribution in [0.15, 0.2) is 0 Å². The second-order valence-corrected chi connectivity index (χ2v) is 3.23. The standard InChI is InChI=1S/C10H17N3O3/c1-3-7-8(10(15)16-4-2)9(11)13(12-7)5-6-14/h14H,3-6,11H2,1-2H3. The first-order valence-corrected chi connectivity index (χ1v) is 5.28. The van der Waals surface area contributed by atoms with Gasteiger partial charge in [-0.1, -0.05) is 6.92 Å². The van der Waals surface area contributed by atoms with E-state index in [2.05, 4.69) is 5.10 Å². The zero-order valence-electron chi connectivity index (χ0n) is 9.56. The van der Waals surface area contributed by atoms with Gasteiger partial charge in [0.2, 0.25) is 0 Å². The largest absolute Gasteiger partial charge is 0.462 e. The van der Waals surface area contributed by atoms with Crippen LogP contribution < -0.4 is 5.73 Å². The van der Waals surface area contributed by atoms with Gasteiger partial charge in [0.05, 0.1) is 25.5 Å². The molecule has 1 aromatic rings. The molecule has 1 heterocycles. The Morgan fingerprint density at radius 2 is 2.25 bits per heavy atom. The van der Waals surface area contributed by atoms with Crippen LogP contribution in [0, 0.1) is 0 Å². The minimum absolute atomic E-state index is 0.0721. The first kappa shape index (κ1) is 12.5. The van der Waals surface area contributed by atoms with Gasteiger partial charge in [0.25, 0.3) is 0 Å². The molecule has 0 spiro atoms. The zero-order chi connectivity index (χ0) is 12.1. The van der Waals surface area contributed by atoms with Crippen LogP contribution >= 0.6 is 0 Å². The van der Waals surface area contributed by atoms with E-state index in [1.807, 2.05) is 6.92 Å². The van der Waals surface area contributed by atoms with Gasteiger partial charge in [-0.2, -0.15) is 5.10 Å². The Labute approximate surface area is 94.0 Å². The molecule has 0 aromatic carbocycles. The third-order valence-corrected chi connectivity index (χ3v) is 2.19. The summed E-state index contributed by atoms with van der Waals surface area (Å²) in [6.07, 6.45) is 0.594. The van der Waals surface area contributed by atoms with E-state index in [1.165, 1.54) is 4.68 Å². The van der Waals surface area contributed by atoms with Crippen molar-refractivity contribution < 1.29 is 14.6 Å². The first-order chi connectivity index (χ1) is 7.65. The van der Waals surface area contributed by atoms with Crippen molar-refractivity contribution in [2.75, 3.05) is 18.9 Å². The van der Waals surface area contributed by atoms with Crippen LogP contribution in [0.25, 0.3) is 0 Å². The highest BCUT2D eigenvalue weighted by atomic mass is 16.5. The molecule has 90 valence electrons. The Kier molecular flexibility index (Phi) is 4.30. The number of nitrogen functional groups attached to an aromatic ring is 1. The summed E-state index contributed by atoms with van der Waals surface area (Å²) in [6.45, 7) is 4.12. The van der Waals surface area contributed by atoms with Gasteiger partial charge in [0.1, 0.15) is 11.4 Å². The summed E-state index contributed by atoms with van der Waals surface area (Å²) in [5, 5.41) is 13.0. The average molecular weight is 227 g/mol. The van der Waals surface area contributed by atoms with Crippen molar-refractivity contribution in [3.8, 4) is 0 Å². The number of aromatic nitrogens is 2. The minimum Gasteiger partial charge on any atom is -0.462 e. The molecule has 1 rings (SSSR count). The number of esters is 1. The highest BCUT2D eigenvalue weighted by Gasteiger charge is 2.21. The number of hydrogen-bond donors (Lipinski definition) is 2. The van der Waals surface area contributed by atoms with Crippen molar-refractivity contribution >= 4 is 11.8 Å². The summed E-state index contributed by atoms with van der Waals surface area (Å²) in [7, 11) is 0. The highest BCUT2D eigenvalue weighted by molar-refractivity contribution is 5.95. The molecule has 16 heavy (non-hydrogen) atoms. The number of aryl methyl sites for hydroxylation is 1. The second-order valence-electron chi connectivity index (χ2n) is 3.23. The van der Waals surface area contributed by atoms with Crippen LogP contribution in [0.1, 0.15) is 29.9 Å². The van der Waals surface area contributed by atoms with Crippen LogP contribution in [0.2, 0.25) is 0 Å². The molecular weight excluding hydrogens is 210 g/mol. The van der Waals surface area contributed by atoms with Gasteiger partial charge in [0.15, 0.2) is 0 Å². The fraction of sp³-hybridized carbons (Fsp3) is 0.600. The van der Waals surface area contributed by atoms with E-state index in [0.717, 1.165) is 0 Å². The number of anilines is 1. The van der Waals surface area contributed by atoms with Crippen LogP contribution in [-0.4, -0.2) is 34.1 Å². The summed E-state index contributed by atoms with van der Waals surface area (Å²) in [5.41, 5.74) is 6.70. The molecule has 0 saturated heterocycles. The Hall–Kier alpha value is -1.56. The first-order valence-electron chi connectivity index (χ1n) is 5.28. The number of nitrogens with zero attached hydrogens (tertiary/aromatic N) is 2. The maximum atomic E-state index is 11.6. The molecule has 3 N–H and O–H groups in total. The maximum Gasteiger partial charge on any atom is 0.343 e. The van der Waals surface area contributed by atoms with Crippen molar-refractivity contribution in [1.29, 1.82) is 0 Å². The van der Waals surface area contributed by atoms with Gasteiger partial charge in [0, 0.05) is 0 Å². The van der Waals surface area contributed by atoms with Crippen LogP contribution in [0.5, 0.6) is 0 Å². The quantitative estimate of drug-likeness (QED) is 0.701. The van der Waals surface area contributed by atoms with Crippen LogP contribution in [0.3, 0.4) is 0 Å². The molecule has 6 heteroatoms. The predicted octanol–water partition coefficient (Wildman–Crippen LogP) is 0.197. The number of carbonyl (C=O) groups is 1. The molecule has 0 saturated carbocycles. The lowest BCUT2D eigenvalue weighted by atomic mass is 10.2. The van der Waals surface area contributed by atoms with E-state index in [1.54, 1.807) is 6.92 Å². The molecule has 0 aliphatic rings. The molecule has 0 radical (unpaired) electrons. The molecular formula is C10H17N3O3. The van der Waals surface area contributed by atoms with Gasteiger partial charge in [-0.05, 0) is 13.3 Å². The van der Waals surface area contributed by atoms with Gasteiger partial charge in [-0.15, -0.1) is 0 Å². The molecule has 0 aliphatic heterocycles. The molecule has 0 fully saturated rings. The maximum absolute atomic E-state index is 11.6. The van der Waals surface area contributed by atoms with E-state index in [9.17, 15) is 4.79 Å². The lowest BCUT2D eigenvalue weighted by molar-refractivity contribution is 0.0526. The lowest BCUT2D eigenvalue weighted by Crippen LogP contribution is -2.11. The van der Waals surface area contributed by atoms with Gasteiger partial charge >= 0.3 is 5.97 Å². The molecule has 1 aromatic heterocycles. The smallest absolute Gasteiger partial charge is 0.343 e. The van der Waals surface area contributed by atoms with Crippen molar-refractivity contribution in [2.24, 2.45) is 0 Å². The molecule has 6 nitrogen and oxygen atoms in total. The molecule has 0 unspecified atom stereocenters. The average Bonchev–Trinajstić information content (AvgIpc) is 2.57. The third-order valence-electron chi connectivity index (χ3n) is 2.19. The topological polar surface area (TPSA) is 90.4 Å². The second kappa shape index (κ2) is 5.50. The Morgan fingerprint density at radius 3 is 2.75 bits per heavy atom. The number of hydrogen-bond acceptors (Lipinski definition) is 5. The number of carbonyl (C=O) groups excluding carboxylic acids is 1. The van der Waals surface area contributed by atoms with Crippen molar-refractivity contribution in [2.45, 2.75) is 26.8 Å². The summed E-state index contributed by atoms with van der Waals surface area (Å²) in [5.74, 6) is -0.203. The van der Waals surface area contributed by atoms with E-state index < -0.39 is 5.97 Å². The van der Waals surface area contributed by atoms with Gasteiger partial charge in [-0.25, -0.2) is 9.48 Å². The Bertz CT molecular complexity index is 374. The molecule has 0 bridgehead atoms. The van der Waals surface area contributed by atoms with E-state index in [4.69, 9.17) is 15.6 Å². The number of rotatable bonds is 5. The van der Waals surface area contributed by atoms with Crippen molar-refractivity contribution in [3.05, 3.63) is 11.3 Å². The fourth-order valence-electron chi connectivity index (χ4n) is 1.46. The Morgan fingerprint density at radius 1 is 1.56 bits per heavy atom. The number of nitrogens with two attached hydrogens (primary N) is 1. The van der Waals surface area contributed by atoms with E-state index in [0.29, 0.717) is 24.3 Å². The SMILES string of the molecule is CCOC(=O)c1c(CC)nn(CCO)c1N. The number of ether oxygens (including phenoxy) is 1. The Balaban J connectivity index is 3.09. The minimum atomic E-state index is -0.457. The van der Waals surface area contributed by atoms with Crippen molar-refractivity contribution in [3.63, 3.8) is 0 Å². The highest BCUT2D eigenvalue weighted by Crippen LogP contribution is 2.18. The summed E-state index contributed by atoms with van der Waals surface area (Å²) in [6, 6.07) is 0. The number of aliphatic hydroxyl groups is 1. The molecule has 0 amide bonds. The van der Waals surface area contributed by atoms with E-state index in [-0.39, 0.29) is 19.0 Å². The summed E-state index contributed by atoms with van der Waals surface area (Å²) < 4.78 is 6.33. The van der Waals surface area contributed by atoms with E-state index >= 15 is 0 Å².